The topological polar surface area (TPSA) is 37.4 Å². The van der Waals surface area contributed by atoms with Gasteiger partial charge in [-0.2, -0.15) is 0 Å². The Bertz CT molecular complexity index is 813. The van der Waals surface area contributed by atoms with Gasteiger partial charge in [-0.1, -0.05) is 57.4 Å². The molecule has 130 valence electrons. The number of hydrogen-bond donors (Lipinski definition) is 0. The molecule has 3 nitrogen and oxygen atoms in total. The Kier molecular flexibility index (Phi) is 7.08. The molecule has 0 amide bonds. The van der Waals surface area contributed by atoms with Gasteiger partial charge in [-0.3, -0.25) is 4.31 Å². The molecular weight excluding hydrogens is 504 g/mol. The number of anilines is 1. The van der Waals surface area contributed by atoms with E-state index in [0.717, 1.165) is 4.43 Å². The summed E-state index contributed by atoms with van der Waals surface area (Å²) in [5.74, 6) is 0. The van der Waals surface area contributed by atoms with Crippen LogP contribution in [0.1, 0.15) is 13.3 Å². The van der Waals surface area contributed by atoms with Gasteiger partial charge in [-0.05, 0) is 55.8 Å². The van der Waals surface area contributed by atoms with E-state index in [2.05, 4.69) is 22.6 Å². The Morgan fingerprint density at radius 1 is 1.04 bits per heavy atom. The van der Waals surface area contributed by atoms with Gasteiger partial charge in [-0.15, -0.1) is 0 Å². The van der Waals surface area contributed by atoms with Crippen LogP contribution in [0.3, 0.4) is 0 Å². The molecule has 8 heteroatoms. The van der Waals surface area contributed by atoms with Gasteiger partial charge in [0.05, 0.1) is 15.6 Å². The molecule has 0 N–H and O–H groups in total. The summed E-state index contributed by atoms with van der Waals surface area (Å²) < 4.78 is 28.6. The van der Waals surface area contributed by atoms with Crippen molar-refractivity contribution in [3.8, 4) is 0 Å². The highest BCUT2D eigenvalue weighted by molar-refractivity contribution is 14.1. The molecule has 2 aromatic rings. The Morgan fingerprint density at radius 2 is 1.62 bits per heavy atom. The molecule has 0 fully saturated rings. The standard InChI is InChI=1S/C16H15Cl3INO2S/c1-11(8-9-20)21(16-10-13(18)4-7-15(16)19)24(22,23)14-5-2-12(17)3-6-14/h2-7,10-11H,8-9H2,1H3/t11-/m1/s1. The number of halogens is 4. The molecule has 0 spiro atoms. The largest absolute Gasteiger partial charge is 0.264 e. The van der Waals surface area contributed by atoms with Gasteiger partial charge in [0.25, 0.3) is 10.0 Å². The summed E-state index contributed by atoms with van der Waals surface area (Å²) in [6.07, 6.45) is 0.677. The van der Waals surface area contributed by atoms with Crippen molar-refractivity contribution in [2.75, 3.05) is 8.73 Å². The van der Waals surface area contributed by atoms with E-state index in [1.807, 2.05) is 6.92 Å². The second kappa shape index (κ2) is 8.45. The Hall–Kier alpha value is -0.210. The first-order chi connectivity index (χ1) is 11.3. The molecule has 2 aromatic carbocycles. The van der Waals surface area contributed by atoms with Crippen molar-refractivity contribution >= 4 is 73.1 Å². The summed E-state index contributed by atoms with van der Waals surface area (Å²) >= 11 is 20.4. The first-order valence-electron chi connectivity index (χ1n) is 7.08. The van der Waals surface area contributed by atoms with Crippen LogP contribution in [-0.4, -0.2) is 18.9 Å². The van der Waals surface area contributed by atoms with Crippen molar-refractivity contribution < 1.29 is 8.42 Å². The summed E-state index contributed by atoms with van der Waals surface area (Å²) in [5, 5.41) is 1.23. The minimum Gasteiger partial charge on any atom is -0.262 e. The van der Waals surface area contributed by atoms with Crippen molar-refractivity contribution in [2.45, 2.75) is 24.3 Å². The van der Waals surface area contributed by atoms with E-state index in [-0.39, 0.29) is 10.9 Å². The number of alkyl halides is 1. The number of sulfonamides is 1. The van der Waals surface area contributed by atoms with Crippen molar-refractivity contribution in [2.24, 2.45) is 0 Å². The predicted octanol–water partition coefficient (Wildman–Crippen LogP) is 6.06. The van der Waals surface area contributed by atoms with Gasteiger partial charge in [0.15, 0.2) is 0 Å². The molecule has 24 heavy (non-hydrogen) atoms. The summed E-state index contributed by atoms with van der Waals surface area (Å²) in [4.78, 5) is 0.156. The molecule has 0 radical (unpaired) electrons. The third kappa shape index (κ3) is 4.49. The molecule has 0 bridgehead atoms. The SMILES string of the molecule is C[C@H](CCI)N(c1cc(Cl)ccc1Cl)S(=O)(=O)c1ccc(Cl)cc1. The van der Waals surface area contributed by atoms with E-state index < -0.39 is 10.0 Å². The maximum Gasteiger partial charge on any atom is 0.264 e. The van der Waals surface area contributed by atoms with Crippen LogP contribution in [0.15, 0.2) is 47.4 Å². The van der Waals surface area contributed by atoms with Gasteiger partial charge < -0.3 is 0 Å². The third-order valence-electron chi connectivity index (χ3n) is 3.44. The average molecular weight is 519 g/mol. The molecule has 0 saturated carbocycles. The number of hydrogen-bond acceptors (Lipinski definition) is 2. The molecule has 0 saturated heterocycles. The Morgan fingerprint density at radius 3 is 2.21 bits per heavy atom. The summed E-state index contributed by atoms with van der Waals surface area (Å²) in [6, 6.07) is 10.6. The van der Waals surface area contributed by atoms with Crippen LogP contribution in [-0.2, 0) is 10.0 Å². The molecule has 0 unspecified atom stereocenters. The monoisotopic (exact) mass is 517 g/mol. The lowest BCUT2D eigenvalue weighted by Crippen LogP contribution is -2.39. The van der Waals surface area contributed by atoms with E-state index in [0.29, 0.717) is 27.2 Å². The molecular formula is C16H15Cl3INO2S. The van der Waals surface area contributed by atoms with E-state index in [4.69, 9.17) is 34.8 Å². The quantitative estimate of drug-likeness (QED) is 0.345. The van der Waals surface area contributed by atoms with Gasteiger partial charge in [0, 0.05) is 20.5 Å². The van der Waals surface area contributed by atoms with Gasteiger partial charge in [0.2, 0.25) is 0 Å². The lowest BCUT2D eigenvalue weighted by atomic mass is 10.2. The normalized spacial score (nSPS) is 12.9. The van der Waals surface area contributed by atoms with Gasteiger partial charge >= 0.3 is 0 Å². The summed E-state index contributed by atoms with van der Waals surface area (Å²) in [7, 11) is -3.80. The van der Waals surface area contributed by atoms with E-state index in [9.17, 15) is 8.42 Å². The number of rotatable bonds is 6. The molecule has 0 aliphatic rings. The molecule has 2 rings (SSSR count). The van der Waals surface area contributed by atoms with Crippen LogP contribution < -0.4 is 4.31 Å². The Labute approximate surface area is 171 Å². The highest BCUT2D eigenvalue weighted by atomic mass is 127. The molecule has 0 aliphatic heterocycles. The molecule has 0 aliphatic carbocycles. The fraction of sp³-hybridized carbons (Fsp3) is 0.250. The predicted molar refractivity (Wildman–Crippen MR) is 111 cm³/mol. The maximum absolute atomic E-state index is 13.2. The Balaban J connectivity index is 2.61. The molecule has 0 aromatic heterocycles. The second-order valence-electron chi connectivity index (χ2n) is 5.18. The van der Waals surface area contributed by atoms with E-state index in [1.165, 1.54) is 16.4 Å². The highest BCUT2D eigenvalue weighted by Crippen LogP contribution is 2.35. The third-order valence-corrected chi connectivity index (χ3v) is 6.82. The van der Waals surface area contributed by atoms with Crippen LogP contribution in [0.25, 0.3) is 0 Å². The van der Waals surface area contributed by atoms with E-state index >= 15 is 0 Å². The van der Waals surface area contributed by atoms with Crippen molar-refractivity contribution in [3.05, 3.63) is 57.5 Å². The minimum absolute atomic E-state index is 0.156. The zero-order valence-corrected chi connectivity index (χ0v) is 18.0. The lowest BCUT2D eigenvalue weighted by Gasteiger charge is -2.31. The van der Waals surface area contributed by atoms with Gasteiger partial charge in [-0.25, -0.2) is 8.42 Å². The maximum atomic E-state index is 13.2. The fourth-order valence-electron chi connectivity index (χ4n) is 2.25. The van der Waals surface area contributed by atoms with Crippen molar-refractivity contribution in [3.63, 3.8) is 0 Å². The zero-order valence-electron chi connectivity index (χ0n) is 12.7. The summed E-state index contributed by atoms with van der Waals surface area (Å²) in [6.45, 7) is 1.85. The number of nitrogens with zero attached hydrogens (tertiary/aromatic N) is 1. The van der Waals surface area contributed by atoms with Crippen LogP contribution in [0.2, 0.25) is 15.1 Å². The van der Waals surface area contributed by atoms with Crippen molar-refractivity contribution in [1.29, 1.82) is 0 Å². The fourth-order valence-corrected chi connectivity index (χ4v) is 5.40. The first-order valence-corrected chi connectivity index (χ1v) is 11.2. The van der Waals surface area contributed by atoms with Crippen LogP contribution in [0, 0.1) is 0 Å². The smallest absolute Gasteiger partial charge is 0.262 e. The van der Waals surface area contributed by atoms with Crippen LogP contribution in [0.5, 0.6) is 0 Å². The van der Waals surface area contributed by atoms with Crippen LogP contribution in [0.4, 0.5) is 5.69 Å². The van der Waals surface area contributed by atoms with Crippen molar-refractivity contribution in [1.82, 2.24) is 0 Å². The summed E-state index contributed by atoms with van der Waals surface area (Å²) in [5.41, 5.74) is 0.372. The molecule has 1 atom stereocenters. The lowest BCUT2D eigenvalue weighted by molar-refractivity contribution is 0.578. The average Bonchev–Trinajstić information content (AvgIpc) is 2.51. The zero-order chi connectivity index (χ0) is 17.9. The number of benzene rings is 2. The van der Waals surface area contributed by atoms with Gasteiger partial charge in [0.1, 0.15) is 0 Å². The molecule has 0 heterocycles. The minimum atomic E-state index is -3.80. The first kappa shape index (κ1) is 20.1. The van der Waals surface area contributed by atoms with E-state index in [1.54, 1.807) is 30.3 Å². The van der Waals surface area contributed by atoms with Crippen LogP contribution >= 0.6 is 57.4 Å². The second-order valence-corrected chi connectivity index (χ2v) is 9.35. The highest BCUT2D eigenvalue weighted by Gasteiger charge is 2.30.